The molecule has 1 aliphatic rings. The van der Waals surface area contributed by atoms with Gasteiger partial charge in [-0.15, -0.1) is 0 Å². The van der Waals surface area contributed by atoms with Crippen LogP contribution < -0.4 is 5.32 Å². The van der Waals surface area contributed by atoms with Gasteiger partial charge < -0.3 is 9.88 Å². The maximum Gasteiger partial charge on any atom is 0.0948 e. The lowest BCUT2D eigenvalue weighted by Crippen LogP contribution is -2.19. The zero-order valence-corrected chi connectivity index (χ0v) is 10.4. The molecule has 2 rings (SSSR count). The Morgan fingerprint density at radius 1 is 1.50 bits per heavy atom. The van der Waals surface area contributed by atoms with Gasteiger partial charge in [0.25, 0.3) is 0 Å². The summed E-state index contributed by atoms with van der Waals surface area (Å²) in [6.45, 7) is 6.83. The maximum absolute atomic E-state index is 4.31. The van der Waals surface area contributed by atoms with Crippen LogP contribution in [0.3, 0.4) is 0 Å². The highest BCUT2D eigenvalue weighted by atomic mass is 15.1. The van der Waals surface area contributed by atoms with E-state index in [-0.39, 0.29) is 0 Å². The first-order valence-electron chi connectivity index (χ1n) is 6.58. The summed E-state index contributed by atoms with van der Waals surface area (Å²) in [6, 6.07) is 0.539. The Balaban J connectivity index is 2.06. The molecule has 0 aliphatic carbocycles. The van der Waals surface area contributed by atoms with Gasteiger partial charge in [-0.3, -0.25) is 0 Å². The third-order valence-corrected chi connectivity index (χ3v) is 3.77. The molecule has 2 heterocycles. The van der Waals surface area contributed by atoms with Crippen LogP contribution in [0.5, 0.6) is 0 Å². The average molecular weight is 221 g/mol. The molecular weight excluding hydrogens is 198 g/mol. The highest BCUT2D eigenvalue weighted by Gasteiger charge is 2.20. The number of hydrogen-bond donors (Lipinski definition) is 1. The van der Waals surface area contributed by atoms with E-state index in [4.69, 9.17) is 0 Å². The van der Waals surface area contributed by atoms with Crippen LogP contribution in [0, 0.1) is 5.92 Å². The summed E-state index contributed by atoms with van der Waals surface area (Å²) < 4.78 is 2.35. The Morgan fingerprint density at radius 3 is 2.94 bits per heavy atom. The second-order valence-corrected chi connectivity index (χ2v) is 4.80. The highest BCUT2D eigenvalue weighted by Crippen LogP contribution is 2.24. The fourth-order valence-corrected chi connectivity index (χ4v) is 2.54. The lowest BCUT2D eigenvalue weighted by molar-refractivity contribution is 0.403. The van der Waals surface area contributed by atoms with E-state index >= 15 is 0 Å². The first kappa shape index (κ1) is 11.6. The largest absolute Gasteiger partial charge is 0.333 e. The molecule has 1 aromatic heterocycles. The Bertz CT molecular complexity index is 309. The molecule has 0 unspecified atom stereocenters. The zero-order valence-electron chi connectivity index (χ0n) is 10.4. The van der Waals surface area contributed by atoms with E-state index in [2.05, 4.69) is 28.7 Å². The molecule has 0 saturated carbocycles. The van der Waals surface area contributed by atoms with E-state index in [0.717, 1.165) is 19.0 Å². The van der Waals surface area contributed by atoms with Crippen molar-refractivity contribution < 1.29 is 0 Å². The minimum atomic E-state index is 0.539. The topological polar surface area (TPSA) is 29.9 Å². The highest BCUT2D eigenvalue weighted by molar-refractivity contribution is 5.07. The van der Waals surface area contributed by atoms with Gasteiger partial charge >= 0.3 is 0 Å². The van der Waals surface area contributed by atoms with E-state index in [9.17, 15) is 0 Å². The normalized spacial score (nSPS) is 20.8. The van der Waals surface area contributed by atoms with Crippen LogP contribution in [-0.2, 0) is 6.54 Å². The Kier molecular flexibility index (Phi) is 3.99. The molecule has 1 saturated heterocycles. The van der Waals surface area contributed by atoms with Crippen LogP contribution in [0.1, 0.15) is 51.3 Å². The van der Waals surface area contributed by atoms with E-state index in [0.29, 0.717) is 6.04 Å². The van der Waals surface area contributed by atoms with Gasteiger partial charge in [-0.1, -0.05) is 26.7 Å². The molecule has 0 bridgehead atoms. The molecular formula is C13H23N3. The lowest BCUT2D eigenvalue weighted by atomic mass is 10.0. The number of nitrogens with zero attached hydrogens (tertiary/aromatic N) is 2. The lowest BCUT2D eigenvalue weighted by Gasteiger charge is -2.18. The van der Waals surface area contributed by atoms with Crippen molar-refractivity contribution in [1.29, 1.82) is 0 Å². The summed E-state index contributed by atoms with van der Waals surface area (Å²) in [5.74, 6) is 0.786. The van der Waals surface area contributed by atoms with Gasteiger partial charge in [0.15, 0.2) is 0 Å². The standard InChI is InChI=1S/C13H23N3/c1-3-11(4-2)9-16-10-14-8-13(16)12-6-5-7-15-12/h8,10-12,15H,3-7,9H2,1-2H3/t12-/m0/s1. The molecule has 0 amide bonds. The predicted molar refractivity (Wildman–Crippen MR) is 66.3 cm³/mol. The second-order valence-electron chi connectivity index (χ2n) is 4.80. The summed E-state index contributed by atoms with van der Waals surface area (Å²) in [5.41, 5.74) is 1.38. The Morgan fingerprint density at radius 2 is 2.31 bits per heavy atom. The summed E-state index contributed by atoms with van der Waals surface area (Å²) in [6.07, 6.45) is 9.09. The first-order chi connectivity index (χ1) is 7.85. The number of hydrogen-bond acceptors (Lipinski definition) is 2. The molecule has 1 atom stereocenters. The molecule has 0 spiro atoms. The van der Waals surface area contributed by atoms with Crippen LogP contribution in [0.2, 0.25) is 0 Å². The van der Waals surface area contributed by atoms with Crippen LogP contribution in [0.25, 0.3) is 0 Å². The molecule has 16 heavy (non-hydrogen) atoms. The average Bonchev–Trinajstić information content (AvgIpc) is 2.95. The molecule has 1 N–H and O–H groups in total. The Labute approximate surface area is 98.3 Å². The summed E-state index contributed by atoms with van der Waals surface area (Å²) >= 11 is 0. The zero-order chi connectivity index (χ0) is 11.4. The van der Waals surface area contributed by atoms with Crippen molar-refractivity contribution >= 4 is 0 Å². The monoisotopic (exact) mass is 221 g/mol. The van der Waals surface area contributed by atoms with Crippen molar-refractivity contribution in [1.82, 2.24) is 14.9 Å². The van der Waals surface area contributed by atoms with E-state index in [1.54, 1.807) is 0 Å². The van der Waals surface area contributed by atoms with Crippen molar-refractivity contribution in [3.8, 4) is 0 Å². The van der Waals surface area contributed by atoms with Crippen molar-refractivity contribution in [2.75, 3.05) is 6.54 Å². The van der Waals surface area contributed by atoms with Gasteiger partial charge in [0.05, 0.1) is 12.0 Å². The molecule has 0 aromatic carbocycles. The van der Waals surface area contributed by atoms with Crippen molar-refractivity contribution in [3.63, 3.8) is 0 Å². The van der Waals surface area contributed by atoms with E-state index in [1.165, 1.54) is 31.4 Å². The quantitative estimate of drug-likeness (QED) is 0.828. The summed E-state index contributed by atoms with van der Waals surface area (Å²) in [4.78, 5) is 4.31. The molecule has 3 heteroatoms. The van der Waals surface area contributed by atoms with Gasteiger partial charge in [0.1, 0.15) is 0 Å². The second kappa shape index (κ2) is 5.48. The molecule has 3 nitrogen and oxygen atoms in total. The number of rotatable bonds is 5. The van der Waals surface area contributed by atoms with Crippen LogP contribution in [0.15, 0.2) is 12.5 Å². The molecule has 90 valence electrons. The van der Waals surface area contributed by atoms with E-state index in [1.807, 2.05) is 12.5 Å². The van der Waals surface area contributed by atoms with Gasteiger partial charge in [0, 0.05) is 18.8 Å². The van der Waals surface area contributed by atoms with Crippen LogP contribution in [-0.4, -0.2) is 16.1 Å². The fourth-order valence-electron chi connectivity index (χ4n) is 2.54. The van der Waals surface area contributed by atoms with Crippen LogP contribution in [0.4, 0.5) is 0 Å². The maximum atomic E-state index is 4.31. The SMILES string of the molecule is CCC(CC)Cn1cncc1[C@@H]1CCCN1. The fraction of sp³-hybridized carbons (Fsp3) is 0.769. The molecule has 0 radical (unpaired) electrons. The van der Waals surface area contributed by atoms with Crippen molar-refractivity contribution in [2.45, 2.75) is 52.1 Å². The smallest absolute Gasteiger partial charge is 0.0948 e. The number of imidazole rings is 1. The summed E-state index contributed by atoms with van der Waals surface area (Å²) in [5, 5.41) is 3.55. The predicted octanol–water partition coefficient (Wildman–Crippen LogP) is 2.74. The molecule has 1 fully saturated rings. The molecule has 1 aromatic rings. The number of aromatic nitrogens is 2. The van der Waals surface area contributed by atoms with E-state index < -0.39 is 0 Å². The number of nitrogens with one attached hydrogen (secondary N) is 1. The minimum Gasteiger partial charge on any atom is -0.333 e. The summed E-state index contributed by atoms with van der Waals surface area (Å²) in [7, 11) is 0. The van der Waals surface area contributed by atoms with Crippen molar-refractivity contribution in [2.24, 2.45) is 5.92 Å². The van der Waals surface area contributed by atoms with Gasteiger partial charge in [-0.25, -0.2) is 4.98 Å². The minimum absolute atomic E-state index is 0.539. The van der Waals surface area contributed by atoms with Gasteiger partial charge in [-0.05, 0) is 25.3 Å². The third kappa shape index (κ3) is 2.46. The Hall–Kier alpha value is -0.830. The van der Waals surface area contributed by atoms with Crippen LogP contribution >= 0.6 is 0 Å². The van der Waals surface area contributed by atoms with Crippen molar-refractivity contribution in [3.05, 3.63) is 18.2 Å². The third-order valence-electron chi connectivity index (χ3n) is 3.77. The van der Waals surface area contributed by atoms with Gasteiger partial charge in [-0.2, -0.15) is 0 Å². The first-order valence-corrected chi connectivity index (χ1v) is 6.58. The van der Waals surface area contributed by atoms with Gasteiger partial charge in [0.2, 0.25) is 0 Å². The molecule has 1 aliphatic heterocycles.